The Kier molecular flexibility index (Phi) is 4.80. The highest BCUT2D eigenvalue weighted by molar-refractivity contribution is 5.47. The average molecular weight is 235 g/mol. The number of aliphatic hydroxyl groups is 1. The van der Waals surface area contributed by atoms with Gasteiger partial charge in [-0.25, -0.2) is 0 Å². The third kappa shape index (κ3) is 3.11. The maximum atomic E-state index is 9.21. The fraction of sp³-hybridized carbons (Fsp3) is 0.462. The molecule has 0 aliphatic heterocycles. The first kappa shape index (κ1) is 13.3. The molecule has 4 nitrogen and oxygen atoms in total. The van der Waals surface area contributed by atoms with Crippen molar-refractivity contribution in [2.45, 2.75) is 19.8 Å². The Morgan fingerprint density at radius 3 is 2.65 bits per heavy atom. The number of ether oxygens (including phenoxy) is 2. The van der Waals surface area contributed by atoms with E-state index in [1.165, 1.54) is 0 Å². The van der Waals surface area contributed by atoms with E-state index in [0.717, 1.165) is 16.9 Å². The van der Waals surface area contributed by atoms with Gasteiger partial charge in [-0.2, -0.15) is 5.26 Å². The number of aryl methyl sites for hydroxylation is 1. The molecule has 17 heavy (non-hydrogen) atoms. The van der Waals surface area contributed by atoms with Crippen molar-refractivity contribution < 1.29 is 14.6 Å². The molecule has 0 aromatic heterocycles. The number of nitriles is 1. The summed E-state index contributed by atoms with van der Waals surface area (Å²) in [5.41, 5.74) is 1.79. The Morgan fingerprint density at radius 2 is 2.12 bits per heavy atom. The fourth-order valence-electron chi connectivity index (χ4n) is 1.62. The first-order chi connectivity index (χ1) is 8.13. The molecule has 92 valence electrons. The van der Waals surface area contributed by atoms with Crippen LogP contribution < -0.4 is 9.47 Å². The van der Waals surface area contributed by atoms with Crippen LogP contribution in [0.25, 0.3) is 0 Å². The molecule has 0 aliphatic rings. The van der Waals surface area contributed by atoms with E-state index in [9.17, 15) is 5.11 Å². The summed E-state index contributed by atoms with van der Waals surface area (Å²) >= 11 is 0. The predicted molar refractivity (Wildman–Crippen MR) is 64.3 cm³/mol. The van der Waals surface area contributed by atoms with Crippen LogP contribution in [0.5, 0.6) is 11.5 Å². The Hall–Kier alpha value is -1.73. The van der Waals surface area contributed by atoms with Gasteiger partial charge in [-0.05, 0) is 24.6 Å². The highest BCUT2D eigenvalue weighted by atomic mass is 16.5. The number of methoxy groups -OCH3 is 1. The lowest BCUT2D eigenvalue weighted by Crippen LogP contribution is -2.05. The van der Waals surface area contributed by atoms with Crippen molar-refractivity contribution in [3.63, 3.8) is 0 Å². The second kappa shape index (κ2) is 6.12. The van der Waals surface area contributed by atoms with Crippen LogP contribution in [0.4, 0.5) is 0 Å². The topological polar surface area (TPSA) is 62.5 Å². The minimum atomic E-state index is -0.0572. The lowest BCUT2D eigenvalue weighted by Gasteiger charge is -2.17. The standard InChI is InChI=1S/C13H17NO3/c1-9-6-13(17-5-4-14)11(10(2)8-15)7-12(9)16-3/h6-7,10,15H,5,8H2,1-3H3. The molecule has 0 bridgehead atoms. The number of hydrogen-bond acceptors (Lipinski definition) is 4. The summed E-state index contributed by atoms with van der Waals surface area (Å²) in [6.07, 6.45) is 0. The molecule has 0 amide bonds. The van der Waals surface area contributed by atoms with Crippen LogP contribution in [0.2, 0.25) is 0 Å². The summed E-state index contributed by atoms with van der Waals surface area (Å²) in [5, 5.41) is 17.7. The van der Waals surface area contributed by atoms with E-state index in [1.54, 1.807) is 7.11 Å². The number of hydrogen-bond donors (Lipinski definition) is 1. The molecule has 4 heteroatoms. The Bertz CT molecular complexity index is 423. The molecule has 1 atom stereocenters. The summed E-state index contributed by atoms with van der Waals surface area (Å²) < 4.78 is 10.6. The van der Waals surface area contributed by atoms with E-state index < -0.39 is 0 Å². The van der Waals surface area contributed by atoms with E-state index in [2.05, 4.69) is 0 Å². The molecule has 1 N–H and O–H groups in total. The molecule has 0 fully saturated rings. The molecule has 0 saturated heterocycles. The molecule has 0 aliphatic carbocycles. The maximum absolute atomic E-state index is 9.21. The van der Waals surface area contributed by atoms with Gasteiger partial charge in [0.2, 0.25) is 0 Å². The van der Waals surface area contributed by atoms with Gasteiger partial charge in [-0.15, -0.1) is 0 Å². The van der Waals surface area contributed by atoms with Gasteiger partial charge in [0.05, 0.1) is 7.11 Å². The largest absolute Gasteiger partial charge is 0.496 e. The SMILES string of the molecule is COc1cc(C(C)CO)c(OCC#N)cc1C. The molecular formula is C13H17NO3. The molecule has 1 rings (SSSR count). The summed E-state index contributed by atoms with van der Waals surface area (Å²) in [5.74, 6) is 1.33. The molecule has 0 saturated carbocycles. The zero-order valence-electron chi connectivity index (χ0n) is 10.4. The van der Waals surface area contributed by atoms with Crippen molar-refractivity contribution in [1.29, 1.82) is 5.26 Å². The molecule has 1 unspecified atom stereocenters. The van der Waals surface area contributed by atoms with Gasteiger partial charge in [0.1, 0.15) is 17.6 Å². The first-order valence-electron chi connectivity index (χ1n) is 5.43. The normalized spacial score (nSPS) is 11.7. The summed E-state index contributed by atoms with van der Waals surface area (Å²) in [7, 11) is 1.60. The smallest absolute Gasteiger partial charge is 0.174 e. The monoisotopic (exact) mass is 235 g/mol. The van der Waals surface area contributed by atoms with Crippen molar-refractivity contribution >= 4 is 0 Å². The quantitative estimate of drug-likeness (QED) is 0.847. The number of benzene rings is 1. The third-order valence-electron chi connectivity index (χ3n) is 2.62. The van der Waals surface area contributed by atoms with Crippen molar-refractivity contribution in [2.75, 3.05) is 20.3 Å². The molecular weight excluding hydrogens is 218 g/mol. The van der Waals surface area contributed by atoms with Gasteiger partial charge >= 0.3 is 0 Å². The Labute approximate surface area is 101 Å². The number of rotatable bonds is 5. The Morgan fingerprint density at radius 1 is 1.41 bits per heavy atom. The minimum Gasteiger partial charge on any atom is -0.496 e. The molecule has 1 aromatic rings. The molecule has 0 radical (unpaired) electrons. The second-order valence-corrected chi connectivity index (χ2v) is 3.89. The summed E-state index contributed by atoms with van der Waals surface area (Å²) in [6.45, 7) is 3.82. The van der Waals surface area contributed by atoms with Gasteiger partial charge in [-0.1, -0.05) is 6.92 Å². The van der Waals surface area contributed by atoms with E-state index in [-0.39, 0.29) is 19.1 Å². The van der Waals surface area contributed by atoms with Crippen LogP contribution >= 0.6 is 0 Å². The maximum Gasteiger partial charge on any atom is 0.174 e. The van der Waals surface area contributed by atoms with E-state index in [0.29, 0.717) is 5.75 Å². The summed E-state index contributed by atoms with van der Waals surface area (Å²) in [6, 6.07) is 5.61. The van der Waals surface area contributed by atoms with E-state index in [4.69, 9.17) is 14.7 Å². The van der Waals surface area contributed by atoms with Gasteiger partial charge in [0.25, 0.3) is 0 Å². The lowest BCUT2D eigenvalue weighted by atomic mass is 9.99. The Balaban J connectivity index is 3.16. The average Bonchev–Trinajstić information content (AvgIpc) is 2.35. The van der Waals surface area contributed by atoms with Crippen LogP contribution in [0.15, 0.2) is 12.1 Å². The van der Waals surface area contributed by atoms with Crippen molar-refractivity contribution in [2.24, 2.45) is 0 Å². The van der Waals surface area contributed by atoms with Gasteiger partial charge in [-0.3, -0.25) is 0 Å². The second-order valence-electron chi connectivity index (χ2n) is 3.89. The minimum absolute atomic E-state index is 0.00306. The van der Waals surface area contributed by atoms with Gasteiger partial charge < -0.3 is 14.6 Å². The van der Waals surface area contributed by atoms with Gasteiger partial charge in [0.15, 0.2) is 6.61 Å². The molecule has 0 heterocycles. The third-order valence-corrected chi connectivity index (χ3v) is 2.62. The van der Waals surface area contributed by atoms with Crippen molar-refractivity contribution in [3.05, 3.63) is 23.3 Å². The van der Waals surface area contributed by atoms with E-state index in [1.807, 2.05) is 32.0 Å². The van der Waals surface area contributed by atoms with Crippen LogP contribution in [-0.4, -0.2) is 25.4 Å². The first-order valence-corrected chi connectivity index (χ1v) is 5.43. The molecule has 1 aromatic carbocycles. The van der Waals surface area contributed by atoms with Crippen LogP contribution in [0.3, 0.4) is 0 Å². The zero-order valence-corrected chi connectivity index (χ0v) is 10.4. The van der Waals surface area contributed by atoms with Gasteiger partial charge in [0, 0.05) is 18.1 Å². The fourth-order valence-corrected chi connectivity index (χ4v) is 1.62. The van der Waals surface area contributed by atoms with E-state index >= 15 is 0 Å². The molecule has 0 spiro atoms. The lowest BCUT2D eigenvalue weighted by molar-refractivity contribution is 0.267. The number of nitrogens with zero attached hydrogens (tertiary/aromatic N) is 1. The van der Waals surface area contributed by atoms with Crippen molar-refractivity contribution in [1.82, 2.24) is 0 Å². The number of aliphatic hydroxyl groups excluding tert-OH is 1. The highest BCUT2D eigenvalue weighted by Crippen LogP contribution is 2.33. The zero-order chi connectivity index (χ0) is 12.8. The van der Waals surface area contributed by atoms with Crippen LogP contribution in [-0.2, 0) is 0 Å². The summed E-state index contributed by atoms with van der Waals surface area (Å²) in [4.78, 5) is 0. The predicted octanol–water partition coefficient (Wildman–Crippen LogP) is 2.00. The van der Waals surface area contributed by atoms with Crippen LogP contribution in [0, 0.1) is 18.3 Å². The highest BCUT2D eigenvalue weighted by Gasteiger charge is 2.14. The van der Waals surface area contributed by atoms with Crippen molar-refractivity contribution in [3.8, 4) is 17.6 Å². The van der Waals surface area contributed by atoms with Crippen LogP contribution in [0.1, 0.15) is 24.0 Å².